The van der Waals surface area contributed by atoms with Gasteiger partial charge in [-0.05, 0) is 45.2 Å². The summed E-state index contributed by atoms with van der Waals surface area (Å²) in [5, 5.41) is 9.48. The minimum absolute atomic E-state index is 0.283. The Bertz CT molecular complexity index is 870. The normalized spacial score (nSPS) is 17.2. The number of halogens is 12. The summed E-state index contributed by atoms with van der Waals surface area (Å²) in [6, 6.07) is -1.63. The number of ether oxygens (including phenoxy) is 2. The third kappa shape index (κ3) is 11.0. The molecule has 0 aromatic heterocycles. The van der Waals surface area contributed by atoms with Crippen LogP contribution in [0, 0.1) is 0 Å². The molecule has 0 saturated carbocycles. The Kier molecular flexibility index (Phi) is 16.7. The molecule has 2 unspecified atom stereocenters. The van der Waals surface area contributed by atoms with Crippen molar-refractivity contribution in [3.63, 3.8) is 0 Å². The molecule has 0 heterocycles. The van der Waals surface area contributed by atoms with Crippen molar-refractivity contribution in [1.29, 1.82) is 0 Å². The predicted octanol–water partition coefficient (Wildman–Crippen LogP) is 5.99. The molecule has 278 valence electrons. The van der Waals surface area contributed by atoms with Crippen LogP contribution >= 0.6 is 0 Å². The van der Waals surface area contributed by atoms with Gasteiger partial charge in [-0.25, -0.2) is 0 Å². The zero-order valence-corrected chi connectivity index (χ0v) is 28.8. The van der Waals surface area contributed by atoms with Crippen LogP contribution in [0.4, 0.5) is 52.7 Å². The lowest BCUT2D eigenvalue weighted by Gasteiger charge is -2.41. The molecular weight excluding hydrogens is 724 g/mol. The third-order valence-corrected chi connectivity index (χ3v) is 17.2. The highest BCUT2D eigenvalue weighted by Gasteiger charge is 2.72. The maximum absolute atomic E-state index is 13.9. The van der Waals surface area contributed by atoms with E-state index in [1.807, 2.05) is 0 Å². The minimum atomic E-state index is -6.13. The Hall–Kier alpha value is -0.589. The maximum Gasteiger partial charge on any atom is 0.671 e. The number of hydrogen-bond donors (Lipinski definition) is 1. The molecule has 0 rings (SSSR count). The summed E-state index contributed by atoms with van der Waals surface area (Å²) in [6.07, 6.45) is -30.1. The lowest BCUT2D eigenvalue weighted by molar-refractivity contribution is -0.395. The third-order valence-electron chi connectivity index (χ3n) is 6.77. The molecular formula is C21H38F12O10Si3. The predicted molar refractivity (Wildman–Crippen MR) is 138 cm³/mol. The van der Waals surface area contributed by atoms with E-state index in [0.717, 1.165) is 42.1 Å². The van der Waals surface area contributed by atoms with E-state index in [4.69, 9.17) is 30.4 Å². The molecule has 0 fully saturated rings. The highest BCUT2D eigenvalue weighted by atomic mass is 28.5. The zero-order valence-electron chi connectivity index (χ0n) is 25.8. The van der Waals surface area contributed by atoms with Crippen LogP contribution in [0.3, 0.4) is 0 Å². The number of aliphatic hydroxyl groups is 1. The van der Waals surface area contributed by atoms with Crippen LogP contribution in [0.25, 0.3) is 0 Å². The summed E-state index contributed by atoms with van der Waals surface area (Å²) in [4.78, 5) is 0. The maximum atomic E-state index is 13.9. The van der Waals surface area contributed by atoms with Crippen molar-refractivity contribution >= 4 is 26.4 Å². The zero-order chi connectivity index (χ0) is 36.5. The average Bonchev–Trinajstić information content (AvgIpc) is 2.92. The van der Waals surface area contributed by atoms with Crippen molar-refractivity contribution in [2.24, 2.45) is 0 Å². The van der Waals surface area contributed by atoms with Gasteiger partial charge in [0.05, 0.1) is 0 Å². The van der Waals surface area contributed by atoms with E-state index in [-0.39, 0.29) is 6.61 Å². The first kappa shape index (κ1) is 45.4. The van der Waals surface area contributed by atoms with E-state index in [9.17, 15) is 57.8 Å². The smallest absolute Gasteiger partial charge is 0.398 e. The monoisotopic (exact) mass is 762 g/mol. The average molecular weight is 763 g/mol. The number of alkyl halides is 12. The first-order valence-corrected chi connectivity index (χ1v) is 19.1. The van der Waals surface area contributed by atoms with E-state index in [2.05, 4.69) is 9.47 Å². The molecule has 0 bridgehead atoms. The molecule has 0 radical (unpaired) electrons. The van der Waals surface area contributed by atoms with Crippen molar-refractivity contribution in [2.45, 2.75) is 87.1 Å². The second kappa shape index (κ2) is 16.9. The fourth-order valence-electron chi connectivity index (χ4n) is 3.97. The fraction of sp³-hybridized carbons (Fsp3) is 1.00. The minimum Gasteiger partial charge on any atom is -0.398 e. The highest BCUT2D eigenvalue weighted by Crippen LogP contribution is 2.50. The van der Waals surface area contributed by atoms with Gasteiger partial charge in [0.15, 0.2) is 0 Å². The summed E-state index contributed by atoms with van der Waals surface area (Å²) in [7, 11) is -8.41. The molecule has 0 aliphatic rings. The van der Waals surface area contributed by atoms with Crippen LogP contribution in [-0.2, 0) is 39.8 Å². The van der Waals surface area contributed by atoms with E-state index in [1.165, 1.54) is 6.92 Å². The van der Waals surface area contributed by atoms with Crippen molar-refractivity contribution in [3.8, 4) is 0 Å². The van der Waals surface area contributed by atoms with Gasteiger partial charge in [0.25, 0.3) is 11.2 Å². The Morgan fingerprint density at radius 3 is 1.39 bits per heavy atom. The van der Waals surface area contributed by atoms with Gasteiger partial charge in [0, 0.05) is 48.2 Å². The second-order valence-electron chi connectivity index (χ2n) is 9.68. The van der Waals surface area contributed by atoms with Gasteiger partial charge in [0.2, 0.25) is 0 Å². The van der Waals surface area contributed by atoms with Crippen LogP contribution in [-0.4, -0.2) is 116 Å². The van der Waals surface area contributed by atoms with Crippen LogP contribution in [0.1, 0.15) is 32.6 Å². The van der Waals surface area contributed by atoms with E-state index >= 15 is 0 Å². The molecule has 25 heteroatoms. The highest BCUT2D eigenvalue weighted by molar-refractivity contribution is 6.81. The molecule has 0 saturated heterocycles. The largest absolute Gasteiger partial charge is 0.671 e. The first-order valence-electron chi connectivity index (χ1n) is 13.1. The lowest BCUT2D eigenvalue weighted by atomic mass is 9.96. The van der Waals surface area contributed by atoms with Crippen molar-refractivity contribution in [1.82, 2.24) is 0 Å². The molecule has 0 spiro atoms. The molecule has 0 aliphatic carbocycles. The van der Waals surface area contributed by atoms with Crippen LogP contribution in [0.5, 0.6) is 0 Å². The van der Waals surface area contributed by atoms with Gasteiger partial charge in [-0.3, -0.25) is 0 Å². The van der Waals surface area contributed by atoms with Crippen LogP contribution in [0.15, 0.2) is 0 Å². The molecule has 0 aromatic rings. The summed E-state index contributed by atoms with van der Waals surface area (Å²) >= 11 is 0. The molecule has 46 heavy (non-hydrogen) atoms. The van der Waals surface area contributed by atoms with E-state index < -0.39 is 107 Å². The van der Waals surface area contributed by atoms with E-state index in [1.54, 1.807) is 0 Å². The van der Waals surface area contributed by atoms with Gasteiger partial charge in [0.1, 0.15) is 6.79 Å². The molecule has 0 aromatic carbocycles. The van der Waals surface area contributed by atoms with Crippen molar-refractivity contribution in [3.05, 3.63) is 0 Å². The Balaban J connectivity index is 6.62. The van der Waals surface area contributed by atoms with Gasteiger partial charge < -0.3 is 44.9 Å². The summed E-state index contributed by atoms with van der Waals surface area (Å²) in [5.74, 6) is 0. The summed E-state index contributed by atoms with van der Waals surface area (Å²) in [6.45, 7) is 0.724. The Labute approximate surface area is 260 Å². The molecule has 10 nitrogen and oxygen atoms in total. The fourth-order valence-corrected chi connectivity index (χ4v) is 14.2. The first-order chi connectivity index (χ1) is 20.7. The second-order valence-corrected chi connectivity index (χ2v) is 19.0. The van der Waals surface area contributed by atoms with Crippen LogP contribution in [0.2, 0.25) is 18.6 Å². The molecule has 2 atom stereocenters. The van der Waals surface area contributed by atoms with E-state index in [0.29, 0.717) is 0 Å². The standard InChI is InChI=1S/C21H38F12O10Si3/c1-8-40-15-41-17(20(28,29)30,21(31,32)33)12-10-14-45(36-3,43-46(37-4,38-5)39-6)42-44(7,35-2)13-9-11-16(34,18(22,23)24)19(25,26)27/h34H,8-15H2,1-7H3. The topological polar surface area (TPSA) is 103 Å². The Morgan fingerprint density at radius 2 is 1.04 bits per heavy atom. The van der Waals surface area contributed by atoms with Gasteiger partial charge in [-0.15, -0.1) is 0 Å². The quantitative estimate of drug-likeness (QED) is 0.0650. The SMILES string of the molecule is CCOCOC(CCC[Si](OC)(O[Si](C)(CCCC(O)(C(F)(F)F)C(F)(F)F)OC)O[Si](OC)(OC)OC)(C(F)(F)F)C(F)(F)F. The Morgan fingerprint density at radius 1 is 0.587 bits per heavy atom. The van der Waals surface area contributed by atoms with Crippen LogP contribution < -0.4 is 0 Å². The molecule has 0 aliphatic heterocycles. The summed E-state index contributed by atoms with van der Waals surface area (Å²) < 4.78 is 209. The van der Waals surface area contributed by atoms with Gasteiger partial charge in [-0.1, -0.05) is 0 Å². The van der Waals surface area contributed by atoms with Crippen molar-refractivity contribution < 1.29 is 97.6 Å². The number of hydrogen-bond acceptors (Lipinski definition) is 10. The van der Waals surface area contributed by atoms with Gasteiger partial charge >= 0.3 is 51.1 Å². The molecule has 0 amide bonds. The molecule has 1 N–H and O–H groups in total. The summed E-state index contributed by atoms with van der Waals surface area (Å²) in [5.41, 5.74) is -9.86. The van der Waals surface area contributed by atoms with Crippen molar-refractivity contribution in [2.75, 3.05) is 48.9 Å². The lowest BCUT2D eigenvalue weighted by Crippen LogP contribution is -2.63. The van der Waals surface area contributed by atoms with Gasteiger partial charge in [-0.2, -0.15) is 52.7 Å². The number of rotatable bonds is 21.